The third kappa shape index (κ3) is 9.04. The van der Waals surface area contributed by atoms with Crippen LogP contribution in [0, 0.1) is 79.3 Å². The van der Waals surface area contributed by atoms with E-state index in [1.807, 2.05) is 13.1 Å². The van der Waals surface area contributed by atoms with Crippen molar-refractivity contribution in [3.63, 3.8) is 0 Å². The van der Waals surface area contributed by atoms with Crippen molar-refractivity contribution in [3.05, 3.63) is 48.1 Å². The molecule has 2 aliphatic heterocycles. The Balaban J connectivity index is 1.06. The molecule has 2 aromatic rings. The van der Waals surface area contributed by atoms with Crippen molar-refractivity contribution in [2.45, 2.75) is 211 Å². The van der Waals surface area contributed by atoms with Gasteiger partial charge in [-0.05, 0) is 147 Å². The van der Waals surface area contributed by atoms with Crippen LogP contribution >= 0.6 is 0 Å². The quantitative estimate of drug-likeness (QED) is 0.0593. The number of carboxylic acids is 1. The highest BCUT2D eigenvalue weighted by atomic mass is 16.7. The summed E-state index contributed by atoms with van der Waals surface area (Å²) in [5.74, 6) is -3.50. The van der Waals surface area contributed by atoms with Gasteiger partial charge in [0.15, 0.2) is 6.29 Å². The summed E-state index contributed by atoms with van der Waals surface area (Å²) in [5.41, 5.74) is 4.00. The summed E-state index contributed by atoms with van der Waals surface area (Å²) in [7, 11) is 0. The number of rotatable bonds is 17. The van der Waals surface area contributed by atoms with Crippen LogP contribution in [-0.2, 0) is 25.5 Å². The van der Waals surface area contributed by atoms with E-state index < -0.39 is 105 Å². The molecule has 8 fully saturated rings. The van der Waals surface area contributed by atoms with E-state index in [2.05, 4.69) is 64.3 Å². The number of nitrogens with two attached hydrogens (primary N) is 1. The van der Waals surface area contributed by atoms with Crippen LogP contribution in [0.3, 0.4) is 0 Å². The molecule has 19 heteroatoms. The Morgan fingerprint density at radius 1 is 0.875 bits per heavy atom. The highest BCUT2D eigenvalue weighted by molar-refractivity contribution is 5.86. The lowest BCUT2D eigenvalue weighted by Crippen LogP contribution is -2.73. The predicted octanol–water partition coefficient (Wildman–Crippen LogP) is 4.42. The molecular weight excluding hydrogens is 1020 g/mol. The maximum absolute atomic E-state index is 15.3. The lowest BCUT2D eigenvalue weighted by Gasteiger charge is -2.74. The minimum atomic E-state index is -1.66. The van der Waals surface area contributed by atoms with E-state index >= 15 is 4.79 Å². The van der Waals surface area contributed by atoms with Crippen molar-refractivity contribution < 1.29 is 59.9 Å². The highest BCUT2D eigenvalue weighted by Crippen LogP contribution is 2.79. The van der Waals surface area contributed by atoms with Crippen LogP contribution < -0.4 is 16.4 Å². The molecule has 9 aliphatic rings. The minimum absolute atomic E-state index is 0.0194. The summed E-state index contributed by atoms with van der Waals surface area (Å²) in [6.45, 7) is 10.9. The molecule has 0 radical (unpaired) electrons. The lowest BCUT2D eigenvalue weighted by molar-refractivity contribution is -0.341. The molecule has 7 aliphatic carbocycles. The number of carboxylic acid groups (broad SMARTS) is 1. The molecule has 446 valence electrons. The predicted molar refractivity (Wildman–Crippen MR) is 294 cm³/mol. The Bertz CT molecular complexity index is 2540. The lowest BCUT2D eigenvalue weighted by atomic mass is 9.30. The average Bonchev–Trinajstić information content (AvgIpc) is 2.33. The van der Waals surface area contributed by atoms with Crippen molar-refractivity contribution in [1.82, 2.24) is 30.6 Å². The van der Waals surface area contributed by atoms with Crippen LogP contribution in [0.4, 0.5) is 0 Å². The van der Waals surface area contributed by atoms with Crippen LogP contribution in [0.25, 0.3) is 0 Å². The summed E-state index contributed by atoms with van der Waals surface area (Å²) >= 11 is 0. The van der Waals surface area contributed by atoms with Crippen molar-refractivity contribution in [1.29, 1.82) is 0 Å². The van der Waals surface area contributed by atoms with E-state index in [9.17, 15) is 45.6 Å². The fourth-order valence-electron chi connectivity index (χ4n) is 20.4. The normalized spacial score (nSPS) is 45.5. The monoisotopic (exact) mass is 1120 g/mol. The Kier molecular flexibility index (Phi) is 15.8. The van der Waals surface area contributed by atoms with Crippen LogP contribution in [0.2, 0.25) is 0 Å². The van der Waals surface area contributed by atoms with E-state index in [4.69, 9.17) is 15.2 Å². The van der Waals surface area contributed by atoms with Gasteiger partial charge in [0, 0.05) is 66.3 Å². The average molecular weight is 1120 g/mol. The molecule has 1 spiro atoms. The second-order valence-corrected chi connectivity index (χ2v) is 28.7. The first-order valence-electron chi connectivity index (χ1n) is 30.6. The number of aliphatic hydroxyl groups excluding tert-OH is 7. The first-order valence-corrected chi connectivity index (χ1v) is 30.6. The van der Waals surface area contributed by atoms with Gasteiger partial charge in [-0.2, -0.15) is 0 Å². The molecule has 22 atom stereocenters. The van der Waals surface area contributed by atoms with Crippen molar-refractivity contribution >= 4 is 11.9 Å². The van der Waals surface area contributed by atoms with Gasteiger partial charge in [-0.3, -0.25) is 9.59 Å². The van der Waals surface area contributed by atoms with E-state index in [-0.39, 0.29) is 60.5 Å². The molecule has 4 heterocycles. The molecule has 0 unspecified atom stereocenters. The van der Waals surface area contributed by atoms with Gasteiger partial charge in [-0.1, -0.05) is 72.0 Å². The number of allylic oxidation sites excluding steroid dienone is 2. The number of H-pyrrole nitrogens is 2. The number of imidazole rings is 2. The van der Waals surface area contributed by atoms with Crippen LogP contribution in [-0.4, -0.2) is 154 Å². The Labute approximate surface area is 471 Å². The number of hydrogen-bond donors (Lipinski definition) is 13. The number of ether oxygens (including phenoxy) is 2. The number of fused-ring (bicyclic) bond motifs is 7. The number of aromatic amines is 2. The number of carbonyl (C=O) groups excluding carboxylic acids is 1. The number of aliphatic hydroxyl groups is 7. The summed E-state index contributed by atoms with van der Waals surface area (Å²) in [4.78, 5) is 45.1. The summed E-state index contributed by atoms with van der Waals surface area (Å²) in [5, 5.41) is 100. The van der Waals surface area contributed by atoms with E-state index in [0.717, 1.165) is 55.5 Å². The van der Waals surface area contributed by atoms with Gasteiger partial charge in [0.05, 0.1) is 48.9 Å². The Hall–Kier alpha value is -3.34. The fourth-order valence-corrected chi connectivity index (χ4v) is 20.4. The Morgan fingerprint density at radius 2 is 1.60 bits per heavy atom. The van der Waals surface area contributed by atoms with Crippen molar-refractivity contribution in [2.75, 3.05) is 26.4 Å². The van der Waals surface area contributed by atoms with Gasteiger partial charge in [0.25, 0.3) is 0 Å². The smallest absolute Gasteiger partial charge is 0.310 e. The van der Waals surface area contributed by atoms with Gasteiger partial charge in [0.1, 0.15) is 24.5 Å². The number of aromatic nitrogens is 4. The molecule has 6 saturated carbocycles. The maximum atomic E-state index is 15.3. The van der Waals surface area contributed by atoms with Gasteiger partial charge in [-0.25, -0.2) is 9.97 Å². The van der Waals surface area contributed by atoms with E-state index in [0.29, 0.717) is 89.6 Å². The zero-order valence-corrected chi connectivity index (χ0v) is 47.9. The molecule has 0 bridgehead atoms. The summed E-state index contributed by atoms with van der Waals surface area (Å²) in [6.07, 6.45) is 12.4. The number of carbonyl (C=O) groups is 2. The zero-order valence-electron chi connectivity index (χ0n) is 47.9. The third-order valence-electron chi connectivity index (χ3n) is 25.1. The number of aliphatic carboxylic acids is 1. The standard InChI is InChI=1S/C61H95N7O12/c1-55(29-69)18-19-61(54(77)78)23-34(21-36-26-63-31-66-36)59(5)38(41(61)24-55)12-13-45-57(59,3)17-14-44-56(2,30-70)50(80-52-49(74)48(73)43(71)28-79-52)47(72)40(58(44,45)4)22-39-46(68-53(76)60(39)15-8-9-16-60)37(42-27-64-32-67-42)20-33(51(62)75)25-65-35-10-6-7-11-35/h12,26-27,31-35,37,39-41,43-52,65,69-75H,6-11,13-25,28-30,62H2,1-5H3,(H,63,66)(H,64,67)(H,68,76)(H,77,78)/t33-,34+,37-,39+,40+,41+,43-,44-,45+,46+,47-,48+,49-,50-,51+,52+,55+,56+,57-,58+,59-,61+/m1/s1. The first kappa shape index (κ1) is 58.4. The molecule has 14 N–H and O–H groups in total. The number of nitrogens with zero attached hydrogens (tertiary/aromatic N) is 2. The van der Waals surface area contributed by atoms with Gasteiger partial charge < -0.3 is 76.7 Å². The van der Waals surface area contributed by atoms with Crippen molar-refractivity contribution in [2.24, 2.45) is 85.1 Å². The van der Waals surface area contributed by atoms with Crippen molar-refractivity contribution in [3.8, 4) is 0 Å². The highest BCUT2D eigenvalue weighted by Gasteiger charge is 2.75. The number of nitrogens with one attached hydrogen (secondary N) is 4. The molecule has 2 saturated heterocycles. The molecule has 2 aromatic heterocycles. The maximum Gasteiger partial charge on any atom is 0.310 e. The second kappa shape index (κ2) is 21.6. The molecule has 19 nitrogen and oxygen atoms in total. The molecule has 80 heavy (non-hydrogen) atoms. The fraction of sp³-hybridized carbons (Fsp3) is 0.836. The van der Waals surface area contributed by atoms with E-state index in [1.165, 1.54) is 0 Å². The largest absolute Gasteiger partial charge is 0.481 e. The zero-order chi connectivity index (χ0) is 57.0. The van der Waals surface area contributed by atoms with Crippen LogP contribution in [0.1, 0.15) is 161 Å². The summed E-state index contributed by atoms with van der Waals surface area (Å²) in [6, 6.07) is -0.142. The number of hydrogen-bond acceptors (Lipinski definition) is 15. The molecule has 0 aromatic carbocycles. The first-order chi connectivity index (χ1) is 38.0. The molecule has 11 rings (SSSR count). The number of amides is 1. The second-order valence-electron chi connectivity index (χ2n) is 28.7. The third-order valence-corrected chi connectivity index (χ3v) is 25.1. The van der Waals surface area contributed by atoms with Gasteiger partial charge >= 0.3 is 5.97 Å². The van der Waals surface area contributed by atoms with E-state index in [1.54, 1.807) is 18.9 Å². The Morgan fingerprint density at radius 3 is 2.25 bits per heavy atom. The van der Waals surface area contributed by atoms with Gasteiger partial charge in [-0.15, -0.1) is 0 Å². The molecule has 1 amide bonds. The van der Waals surface area contributed by atoms with Crippen LogP contribution in [0.5, 0.6) is 0 Å². The molecular formula is C61H95N7O12. The summed E-state index contributed by atoms with van der Waals surface area (Å²) < 4.78 is 12.8. The topological polar surface area (TPSA) is 322 Å². The van der Waals surface area contributed by atoms with Gasteiger partial charge in [0.2, 0.25) is 5.91 Å². The van der Waals surface area contributed by atoms with Crippen LogP contribution in [0.15, 0.2) is 36.7 Å². The SMILES string of the molecule is C[C@]1(CO)CC[C@]2(C(=O)O)C[C@H](Cc3cnc[nH]3)[C@]3(C)C(=CC[C@@H]4[C@]5(C)[C@H](CC[C@]43C)[C@](C)(CO)[C@H](O[C@@H]3OC[C@@H](O)[C@H](O)[C@H]3O)[C@H](O)[C@@H]5C[C@H]3[C@H]([C@H](C[C@H](CNC4CCCC4)[C@@H](N)O)c4cnc[nH]4)NC(=O)C34CCCC4)[C@@H]2C1. The minimum Gasteiger partial charge on any atom is -0.481 e.